The molecule has 0 aliphatic heterocycles. The summed E-state index contributed by atoms with van der Waals surface area (Å²) in [6.07, 6.45) is 33.7. The molecule has 0 saturated heterocycles. The first-order valence-electron chi connectivity index (χ1n) is 12.2. The van der Waals surface area contributed by atoms with E-state index in [9.17, 15) is 4.79 Å². The summed E-state index contributed by atoms with van der Waals surface area (Å²) in [6, 6.07) is 0. The van der Waals surface area contributed by atoms with Crippen molar-refractivity contribution in [1.29, 1.82) is 0 Å². The monoisotopic (exact) mass is 440 g/mol. The van der Waals surface area contributed by atoms with Gasteiger partial charge in [-0.15, -0.1) is 0 Å². The molecule has 0 spiro atoms. The third-order valence-corrected chi connectivity index (χ3v) is 4.64. The summed E-state index contributed by atoms with van der Waals surface area (Å²) in [5, 5.41) is 3.06. The maximum absolute atomic E-state index is 12.0. The highest BCUT2D eigenvalue weighted by Gasteiger charge is 2.19. The number of hydrogen-bond acceptors (Lipinski definition) is 2. The fourth-order valence-electron chi connectivity index (χ4n) is 3.19. The zero-order chi connectivity index (χ0) is 23.9. The van der Waals surface area contributed by atoms with Crippen LogP contribution in [0, 0.1) is 5.41 Å². The second-order valence-electron chi connectivity index (χ2n) is 9.13. The van der Waals surface area contributed by atoms with Crippen LogP contribution in [0.4, 0.5) is 0 Å². The smallest absolute Gasteiger partial charge is 0.220 e. The van der Waals surface area contributed by atoms with Gasteiger partial charge >= 0.3 is 0 Å². The topological polar surface area (TPSA) is 32.3 Å². The third kappa shape index (κ3) is 22.6. The summed E-state index contributed by atoms with van der Waals surface area (Å²) in [7, 11) is 4.12. The number of hydrogen-bond donors (Lipinski definition) is 1. The van der Waals surface area contributed by atoms with Crippen LogP contribution in [0.2, 0.25) is 0 Å². The lowest BCUT2D eigenvalue weighted by Gasteiger charge is -2.28. The van der Waals surface area contributed by atoms with E-state index in [4.69, 9.17) is 0 Å². The lowest BCUT2D eigenvalue weighted by molar-refractivity contribution is -0.121. The molecule has 0 heterocycles. The number of carbonyl (C=O) groups is 1. The average Bonchev–Trinajstić information content (AvgIpc) is 2.73. The summed E-state index contributed by atoms with van der Waals surface area (Å²) >= 11 is 0. The Bertz CT molecular complexity index is 634. The summed E-state index contributed by atoms with van der Waals surface area (Å²) in [5.41, 5.74) is 0.0907. The van der Waals surface area contributed by atoms with Crippen LogP contribution in [0.25, 0.3) is 0 Å². The first-order valence-corrected chi connectivity index (χ1v) is 12.2. The van der Waals surface area contributed by atoms with Gasteiger partial charge in [0.05, 0.1) is 0 Å². The summed E-state index contributed by atoms with van der Waals surface area (Å²) in [6.45, 7) is 8.19. The minimum atomic E-state index is 0.0907. The van der Waals surface area contributed by atoms with Gasteiger partial charge in [0, 0.05) is 19.5 Å². The van der Waals surface area contributed by atoms with Crippen molar-refractivity contribution >= 4 is 5.91 Å². The normalized spacial score (nSPS) is 13.4. The highest BCUT2D eigenvalue weighted by Crippen LogP contribution is 2.14. The average molecular weight is 441 g/mol. The third-order valence-electron chi connectivity index (χ3n) is 4.64. The van der Waals surface area contributed by atoms with Crippen LogP contribution < -0.4 is 5.32 Å². The van der Waals surface area contributed by atoms with E-state index in [1.54, 1.807) is 0 Å². The van der Waals surface area contributed by atoms with Crippen molar-refractivity contribution in [2.75, 3.05) is 27.2 Å². The van der Waals surface area contributed by atoms with Gasteiger partial charge in [0.2, 0.25) is 5.91 Å². The van der Waals surface area contributed by atoms with E-state index in [0.29, 0.717) is 13.0 Å². The zero-order valence-corrected chi connectivity index (χ0v) is 21.4. The Morgan fingerprint density at radius 2 is 1.12 bits per heavy atom. The lowest BCUT2D eigenvalue weighted by Crippen LogP contribution is -2.39. The van der Waals surface area contributed by atoms with Gasteiger partial charge in [-0.3, -0.25) is 4.79 Å². The van der Waals surface area contributed by atoms with Crippen molar-refractivity contribution in [2.45, 2.75) is 72.1 Å². The molecule has 0 rings (SSSR count). The molecule has 0 radical (unpaired) electrons. The maximum atomic E-state index is 12.0. The molecule has 3 nitrogen and oxygen atoms in total. The van der Waals surface area contributed by atoms with Crippen LogP contribution >= 0.6 is 0 Å². The van der Waals surface area contributed by atoms with E-state index in [2.05, 4.69) is 118 Å². The quantitative estimate of drug-likeness (QED) is 0.229. The highest BCUT2D eigenvalue weighted by molar-refractivity contribution is 5.76. The molecule has 1 amide bonds. The highest BCUT2D eigenvalue weighted by atomic mass is 16.1. The lowest BCUT2D eigenvalue weighted by atomic mass is 9.93. The molecule has 0 atom stereocenters. The van der Waals surface area contributed by atoms with Gasteiger partial charge in [-0.05, 0) is 64.5 Å². The molecule has 180 valence electrons. The Labute approximate surface area is 198 Å². The SMILES string of the molecule is CCC=CCC=CCC=CCC=CCC=CCC=CCCC(=O)NCC(C)(C)CN(C)C. The van der Waals surface area contributed by atoms with Crippen LogP contribution in [0.1, 0.15) is 72.1 Å². The molecule has 0 fully saturated rings. The van der Waals surface area contributed by atoms with E-state index in [-0.39, 0.29) is 11.3 Å². The molecule has 0 aliphatic carbocycles. The van der Waals surface area contributed by atoms with Gasteiger partial charge in [-0.2, -0.15) is 0 Å². The van der Waals surface area contributed by atoms with E-state index >= 15 is 0 Å². The first kappa shape index (κ1) is 29.9. The van der Waals surface area contributed by atoms with Crippen LogP contribution in [0.3, 0.4) is 0 Å². The van der Waals surface area contributed by atoms with Crippen molar-refractivity contribution < 1.29 is 4.79 Å². The number of nitrogens with zero attached hydrogens (tertiary/aromatic N) is 1. The number of allylic oxidation sites excluding steroid dienone is 12. The van der Waals surface area contributed by atoms with E-state index in [1.807, 2.05) is 0 Å². The molecule has 0 unspecified atom stereocenters. The largest absolute Gasteiger partial charge is 0.356 e. The molecule has 0 saturated carbocycles. The van der Waals surface area contributed by atoms with Gasteiger partial charge in [0.15, 0.2) is 0 Å². The summed E-state index contributed by atoms with van der Waals surface area (Å²) < 4.78 is 0. The first-order chi connectivity index (χ1) is 15.4. The number of amides is 1. The molecule has 3 heteroatoms. The zero-order valence-electron chi connectivity index (χ0n) is 21.4. The molecule has 0 aromatic heterocycles. The van der Waals surface area contributed by atoms with Crippen molar-refractivity contribution in [1.82, 2.24) is 10.2 Å². The van der Waals surface area contributed by atoms with Crippen LogP contribution in [0.15, 0.2) is 72.9 Å². The van der Waals surface area contributed by atoms with Gasteiger partial charge in [0.25, 0.3) is 0 Å². The number of rotatable bonds is 18. The van der Waals surface area contributed by atoms with Crippen molar-refractivity contribution in [2.24, 2.45) is 5.41 Å². The Morgan fingerprint density at radius 3 is 1.53 bits per heavy atom. The molecular weight excluding hydrogens is 392 g/mol. The van der Waals surface area contributed by atoms with Crippen LogP contribution in [-0.4, -0.2) is 38.0 Å². The van der Waals surface area contributed by atoms with Gasteiger partial charge < -0.3 is 10.2 Å². The minimum absolute atomic E-state index is 0.0907. The molecular formula is C29H48N2O. The molecule has 32 heavy (non-hydrogen) atoms. The molecule has 0 aromatic rings. The standard InChI is InChI=1S/C29H48N2O/c1-6-7-8-9-10-11-12-13-14-15-16-17-18-19-20-21-22-23-24-25-28(32)30-26-29(2,3)27-31(4)5/h7-8,10-11,13-14,16-17,19-20,22-23H,6,9,12,15,18,21,24-27H2,1-5H3,(H,30,32). The second kappa shape index (κ2) is 20.8. The van der Waals surface area contributed by atoms with E-state index in [0.717, 1.165) is 51.5 Å². The second-order valence-corrected chi connectivity index (χ2v) is 9.13. The van der Waals surface area contributed by atoms with Gasteiger partial charge in [0.1, 0.15) is 0 Å². The fraction of sp³-hybridized carbons (Fsp3) is 0.552. The van der Waals surface area contributed by atoms with E-state index in [1.165, 1.54) is 0 Å². The summed E-state index contributed by atoms with van der Waals surface area (Å²) in [5.74, 6) is 0.136. The van der Waals surface area contributed by atoms with Crippen molar-refractivity contribution in [3.63, 3.8) is 0 Å². The van der Waals surface area contributed by atoms with Crippen LogP contribution in [-0.2, 0) is 4.79 Å². The van der Waals surface area contributed by atoms with Crippen LogP contribution in [0.5, 0.6) is 0 Å². The minimum Gasteiger partial charge on any atom is -0.356 e. The predicted octanol–water partition coefficient (Wildman–Crippen LogP) is 7.17. The Hall–Kier alpha value is -2.13. The maximum Gasteiger partial charge on any atom is 0.220 e. The predicted molar refractivity (Wildman–Crippen MR) is 143 cm³/mol. The Morgan fingerprint density at radius 1 is 0.719 bits per heavy atom. The fourth-order valence-corrected chi connectivity index (χ4v) is 3.19. The van der Waals surface area contributed by atoms with Crippen molar-refractivity contribution in [3.8, 4) is 0 Å². The molecule has 0 aromatic carbocycles. The number of nitrogens with one attached hydrogen (secondary N) is 1. The molecule has 0 aliphatic rings. The molecule has 1 N–H and O–H groups in total. The van der Waals surface area contributed by atoms with E-state index < -0.39 is 0 Å². The summed E-state index contributed by atoms with van der Waals surface area (Å²) in [4.78, 5) is 14.1. The van der Waals surface area contributed by atoms with Gasteiger partial charge in [-0.1, -0.05) is 93.7 Å². The Kier molecular flexibility index (Phi) is 19.4. The van der Waals surface area contributed by atoms with Gasteiger partial charge in [-0.25, -0.2) is 0 Å². The number of carbonyl (C=O) groups excluding carboxylic acids is 1. The molecule has 0 bridgehead atoms. The Balaban J connectivity index is 3.71. The van der Waals surface area contributed by atoms with Crippen molar-refractivity contribution in [3.05, 3.63) is 72.9 Å².